The van der Waals surface area contributed by atoms with Gasteiger partial charge in [-0.15, -0.1) is 0 Å². The Morgan fingerprint density at radius 1 is 1.42 bits per heavy atom. The van der Waals surface area contributed by atoms with Crippen LogP contribution in [-0.2, 0) is 4.74 Å². The SMILES string of the molecule is COCCOc1cccc(Br)n1. The van der Waals surface area contributed by atoms with Crippen LogP contribution in [0.5, 0.6) is 5.88 Å². The molecule has 0 aliphatic rings. The predicted octanol–water partition coefficient (Wildman–Crippen LogP) is 1.87. The molecular weight excluding hydrogens is 222 g/mol. The van der Waals surface area contributed by atoms with Gasteiger partial charge in [-0.25, -0.2) is 4.98 Å². The van der Waals surface area contributed by atoms with Crippen molar-refractivity contribution in [2.45, 2.75) is 0 Å². The quantitative estimate of drug-likeness (QED) is 0.586. The molecule has 3 nitrogen and oxygen atoms in total. The predicted molar refractivity (Wildman–Crippen MR) is 49.3 cm³/mol. The third-order valence-corrected chi connectivity index (χ3v) is 1.67. The molecule has 0 aromatic carbocycles. The first kappa shape index (κ1) is 9.48. The van der Waals surface area contributed by atoms with E-state index in [1.807, 2.05) is 12.1 Å². The molecule has 0 amide bonds. The van der Waals surface area contributed by atoms with Crippen LogP contribution < -0.4 is 4.74 Å². The van der Waals surface area contributed by atoms with Crippen molar-refractivity contribution in [2.75, 3.05) is 20.3 Å². The summed E-state index contributed by atoms with van der Waals surface area (Å²) < 4.78 is 10.9. The molecule has 0 fully saturated rings. The molecule has 0 unspecified atom stereocenters. The topological polar surface area (TPSA) is 31.4 Å². The van der Waals surface area contributed by atoms with Crippen LogP contribution in [0.1, 0.15) is 0 Å². The first-order valence-electron chi connectivity index (χ1n) is 3.57. The number of hydrogen-bond donors (Lipinski definition) is 0. The van der Waals surface area contributed by atoms with Crippen LogP contribution in [-0.4, -0.2) is 25.3 Å². The Hall–Kier alpha value is -0.610. The fourth-order valence-corrected chi connectivity index (χ4v) is 1.03. The van der Waals surface area contributed by atoms with Crippen molar-refractivity contribution in [3.8, 4) is 5.88 Å². The highest BCUT2D eigenvalue weighted by Gasteiger charge is 1.94. The van der Waals surface area contributed by atoms with E-state index < -0.39 is 0 Å². The van der Waals surface area contributed by atoms with Crippen LogP contribution in [0.15, 0.2) is 22.8 Å². The number of methoxy groups -OCH3 is 1. The molecule has 0 aliphatic heterocycles. The van der Waals surface area contributed by atoms with Crippen molar-refractivity contribution in [3.05, 3.63) is 22.8 Å². The van der Waals surface area contributed by atoms with Gasteiger partial charge in [0.15, 0.2) is 0 Å². The van der Waals surface area contributed by atoms with Gasteiger partial charge in [0.1, 0.15) is 11.2 Å². The van der Waals surface area contributed by atoms with Crippen LogP contribution in [0.4, 0.5) is 0 Å². The second-order valence-corrected chi connectivity index (χ2v) is 2.95. The van der Waals surface area contributed by atoms with Crippen molar-refractivity contribution in [1.29, 1.82) is 0 Å². The van der Waals surface area contributed by atoms with Gasteiger partial charge in [0.05, 0.1) is 6.61 Å². The molecule has 1 rings (SSSR count). The van der Waals surface area contributed by atoms with Crippen molar-refractivity contribution in [3.63, 3.8) is 0 Å². The van der Waals surface area contributed by atoms with Crippen LogP contribution in [0, 0.1) is 0 Å². The van der Waals surface area contributed by atoms with E-state index in [0.29, 0.717) is 19.1 Å². The molecule has 66 valence electrons. The summed E-state index contributed by atoms with van der Waals surface area (Å²) in [6.07, 6.45) is 0. The number of nitrogens with zero attached hydrogens (tertiary/aromatic N) is 1. The zero-order chi connectivity index (χ0) is 8.81. The van der Waals surface area contributed by atoms with Crippen molar-refractivity contribution in [1.82, 2.24) is 4.98 Å². The second kappa shape index (κ2) is 5.11. The summed E-state index contributed by atoms with van der Waals surface area (Å²) in [5.74, 6) is 0.612. The molecule has 0 N–H and O–H groups in total. The maximum Gasteiger partial charge on any atom is 0.214 e. The standard InChI is InChI=1S/C8H10BrNO2/c1-11-5-6-12-8-4-2-3-7(9)10-8/h2-4H,5-6H2,1H3. The van der Waals surface area contributed by atoms with Gasteiger partial charge in [0.25, 0.3) is 0 Å². The number of ether oxygens (including phenoxy) is 2. The lowest BCUT2D eigenvalue weighted by Crippen LogP contribution is -2.05. The van der Waals surface area contributed by atoms with Gasteiger partial charge < -0.3 is 9.47 Å². The minimum atomic E-state index is 0.528. The molecule has 1 aromatic heterocycles. The summed E-state index contributed by atoms with van der Waals surface area (Å²) in [7, 11) is 1.64. The highest BCUT2D eigenvalue weighted by Crippen LogP contribution is 2.11. The van der Waals surface area contributed by atoms with Gasteiger partial charge in [0.2, 0.25) is 5.88 Å². The molecule has 0 spiro atoms. The first-order valence-corrected chi connectivity index (χ1v) is 4.36. The Kier molecular flexibility index (Phi) is 4.04. The highest BCUT2D eigenvalue weighted by atomic mass is 79.9. The fraction of sp³-hybridized carbons (Fsp3) is 0.375. The number of pyridine rings is 1. The number of hydrogen-bond acceptors (Lipinski definition) is 3. The zero-order valence-electron chi connectivity index (χ0n) is 6.79. The maximum absolute atomic E-state index is 5.26. The summed E-state index contributed by atoms with van der Waals surface area (Å²) in [4.78, 5) is 4.08. The average molecular weight is 232 g/mol. The lowest BCUT2D eigenvalue weighted by Gasteiger charge is -2.03. The summed E-state index contributed by atoms with van der Waals surface area (Å²) in [6, 6.07) is 5.53. The van der Waals surface area contributed by atoms with Gasteiger partial charge in [-0.1, -0.05) is 6.07 Å². The molecule has 0 atom stereocenters. The van der Waals surface area contributed by atoms with E-state index in [0.717, 1.165) is 4.60 Å². The minimum absolute atomic E-state index is 0.528. The van der Waals surface area contributed by atoms with Gasteiger partial charge >= 0.3 is 0 Å². The highest BCUT2D eigenvalue weighted by molar-refractivity contribution is 9.10. The largest absolute Gasteiger partial charge is 0.475 e. The number of halogens is 1. The molecule has 12 heavy (non-hydrogen) atoms. The maximum atomic E-state index is 5.26. The van der Waals surface area contributed by atoms with Crippen LogP contribution >= 0.6 is 15.9 Å². The molecule has 0 radical (unpaired) electrons. The lowest BCUT2D eigenvalue weighted by molar-refractivity contribution is 0.143. The minimum Gasteiger partial charge on any atom is -0.475 e. The normalized spacial score (nSPS) is 9.83. The summed E-state index contributed by atoms with van der Waals surface area (Å²) in [6.45, 7) is 1.11. The van der Waals surface area contributed by atoms with Crippen molar-refractivity contribution in [2.24, 2.45) is 0 Å². The number of rotatable bonds is 4. The van der Waals surface area contributed by atoms with Gasteiger partial charge in [0, 0.05) is 13.2 Å². The second-order valence-electron chi connectivity index (χ2n) is 2.14. The zero-order valence-corrected chi connectivity index (χ0v) is 8.37. The molecule has 0 saturated carbocycles. The van der Waals surface area contributed by atoms with Crippen molar-refractivity contribution >= 4 is 15.9 Å². The molecule has 0 saturated heterocycles. The van der Waals surface area contributed by atoms with E-state index in [1.54, 1.807) is 13.2 Å². The average Bonchev–Trinajstić information content (AvgIpc) is 2.05. The third kappa shape index (κ3) is 3.19. The Morgan fingerprint density at radius 2 is 2.25 bits per heavy atom. The summed E-state index contributed by atoms with van der Waals surface area (Å²) in [5.41, 5.74) is 0. The molecule has 0 bridgehead atoms. The Bertz CT molecular complexity index is 242. The molecule has 0 aliphatic carbocycles. The first-order chi connectivity index (χ1) is 5.83. The van der Waals surface area contributed by atoms with Crippen LogP contribution in [0.2, 0.25) is 0 Å². The van der Waals surface area contributed by atoms with Gasteiger partial charge in [-0.05, 0) is 22.0 Å². The lowest BCUT2D eigenvalue weighted by atomic mass is 10.5. The summed E-state index contributed by atoms with van der Waals surface area (Å²) >= 11 is 3.25. The van der Waals surface area contributed by atoms with E-state index in [4.69, 9.17) is 9.47 Å². The Morgan fingerprint density at radius 3 is 2.92 bits per heavy atom. The van der Waals surface area contributed by atoms with E-state index in [2.05, 4.69) is 20.9 Å². The molecule has 4 heteroatoms. The number of aromatic nitrogens is 1. The van der Waals surface area contributed by atoms with Crippen LogP contribution in [0.25, 0.3) is 0 Å². The van der Waals surface area contributed by atoms with E-state index in [-0.39, 0.29) is 0 Å². The summed E-state index contributed by atoms with van der Waals surface area (Å²) in [5, 5.41) is 0. The monoisotopic (exact) mass is 231 g/mol. The smallest absolute Gasteiger partial charge is 0.214 e. The third-order valence-electron chi connectivity index (χ3n) is 1.23. The Balaban J connectivity index is 2.41. The molecule has 1 heterocycles. The van der Waals surface area contributed by atoms with Gasteiger partial charge in [-0.3, -0.25) is 0 Å². The Labute approximate surface area is 79.8 Å². The van der Waals surface area contributed by atoms with E-state index in [1.165, 1.54) is 0 Å². The molecule has 1 aromatic rings. The van der Waals surface area contributed by atoms with Gasteiger partial charge in [-0.2, -0.15) is 0 Å². The van der Waals surface area contributed by atoms with Crippen molar-refractivity contribution < 1.29 is 9.47 Å². The van der Waals surface area contributed by atoms with E-state index >= 15 is 0 Å². The van der Waals surface area contributed by atoms with Crippen LogP contribution in [0.3, 0.4) is 0 Å². The fourth-order valence-electron chi connectivity index (χ4n) is 0.700. The van der Waals surface area contributed by atoms with E-state index in [9.17, 15) is 0 Å². The molecular formula is C8H10BrNO2.